The number of allylic oxidation sites excluding steroid dienone is 2. The molecule has 152 valence electrons. The van der Waals surface area contributed by atoms with Crippen LogP contribution in [0.5, 0.6) is 0 Å². The van der Waals surface area contributed by atoms with E-state index in [0.29, 0.717) is 28.8 Å². The molecule has 3 aromatic rings. The summed E-state index contributed by atoms with van der Waals surface area (Å²) in [6, 6.07) is 13.1. The van der Waals surface area contributed by atoms with Crippen LogP contribution in [0.2, 0.25) is 5.02 Å². The molecular weight excluding hydrogens is 403 g/mol. The molecule has 0 amide bonds. The Morgan fingerprint density at radius 2 is 1.93 bits per heavy atom. The van der Waals surface area contributed by atoms with Crippen LogP contribution < -0.4 is 5.32 Å². The van der Waals surface area contributed by atoms with Crippen molar-refractivity contribution in [3.8, 4) is 11.4 Å². The zero-order valence-electron chi connectivity index (χ0n) is 16.6. The fourth-order valence-electron chi connectivity index (χ4n) is 4.31. The zero-order valence-corrected chi connectivity index (χ0v) is 17.4. The van der Waals surface area contributed by atoms with Crippen molar-refractivity contribution in [2.75, 3.05) is 5.32 Å². The summed E-state index contributed by atoms with van der Waals surface area (Å²) in [7, 11) is 0. The van der Waals surface area contributed by atoms with E-state index in [1.54, 1.807) is 28.9 Å². The molecule has 1 atom stereocenters. The van der Waals surface area contributed by atoms with Crippen molar-refractivity contribution in [1.82, 2.24) is 14.8 Å². The fraction of sp³-hybridized carbons (Fsp3) is 0.261. The first-order valence-electron chi connectivity index (χ1n) is 9.82. The van der Waals surface area contributed by atoms with Gasteiger partial charge >= 0.3 is 0 Å². The van der Waals surface area contributed by atoms with Crippen LogP contribution in [0, 0.1) is 11.2 Å². The maximum absolute atomic E-state index is 13.6. The van der Waals surface area contributed by atoms with Gasteiger partial charge in [0.15, 0.2) is 11.6 Å². The van der Waals surface area contributed by atoms with Crippen molar-refractivity contribution >= 4 is 23.3 Å². The molecule has 0 unspecified atom stereocenters. The number of fused-ring (bicyclic) bond motifs is 1. The Morgan fingerprint density at radius 3 is 2.67 bits per heavy atom. The molecule has 1 aliphatic heterocycles. The van der Waals surface area contributed by atoms with Gasteiger partial charge in [0.05, 0.1) is 0 Å². The molecule has 2 aliphatic rings. The number of Topliss-reactive ketones (excluding diaryl/α,β-unsaturated/α-hetero) is 1. The van der Waals surface area contributed by atoms with Crippen molar-refractivity contribution in [2.24, 2.45) is 5.41 Å². The largest absolute Gasteiger partial charge is 0.328 e. The van der Waals surface area contributed by atoms with Crippen LogP contribution in [0.3, 0.4) is 0 Å². The minimum absolute atomic E-state index is 0.0773. The number of hydrogen-bond acceptors (Lipinski definition) is 4. The van der Waals surface area contributed by atoms with Gasteiger partial charge in [0, 0.05) is 28.3 Å². The lowest BCUT2D eigenvalue weighted by atomic mass is 9.73. The van der Waals surface area contributed by atoms with E-state index >= 15 is 0 Å². The molecule has 5 rings (SSSR count). The second-order valence-electron chi connectivity index (χ2n) is 8.63. The number of carbonyl (C=O) groups excluding carboxylic acids is 1. The topological polar surface area (TPSA) is 59.8 Å². The second-order valence-corrected chi connectivity index (χ2v) is 9.06. The summed E-state index contributed by atoms with van der Waals surface area (Å²) in [4.78, 5) is 17.9. The minimum Gasteiger partial charge on any atom is -0.328 e. The van der Waals surface area contributed by atoms with Crippen LogP contribution in [0.15, 0.2) is 59.8 Å². The Hall–Kier alpha value is -2.99. The predicted octanol–water partition coefficient (Wildman–Crippen LogP) is 5.40. The van der Waals surface area contributed by atoms with Crippen molar-refractivity contribution in [1.29, 1.82) is 0 Å². The quantitative estimate of drug-likeness (QED) is 0.601. The SMILES string of the molecule is CC1(C)CC(=O)C2=C(C1)Nc1nc(-c3cccc(Cl)c3)nn1[C@H]2c1ccc(F)cc1. The van der Waals surface area contributed by atoms with Gasteiger partial charge in [-0.2, -0.15) is 4.98 Å². The molecule has 0 fully saturated rings. The summed E-state index contributed by atoms with van der Waals surface area (Å²) >= 11 is 6.14. The molecule has 1 aliphatic carbocycles. The van der Waals surface area contributed by atoms with Crippen LogP contribution in [-0.4, -0.2) is 20.5 Å². The number of benzene rings is 2. The van der Waals surface area contributed by atoms with E-state index in [2.05, 4.69) is 24.1 Å². The maximum atomic E-state index is 13.6. The van der Waals surface area contributed by atoms with Gasteiger partial charge in [-0.05, 0) is 41.7 Å². The summed E-state index contributed by atoms with van der Waals surface area (Å²) in [6.45, 7) is 4.17. The van der Waals surface area contributed by atoms with Gasteiger partial charge in [-0.25, -0.2) is 9.07 Å². The first kappa shape index (κ1) is 19.0. The summed E-state index contributed by atoms with van der Waals surface area (Å²) in [5.41, 5.74) is 2.98. The molecule has 2 heterocycles. The molecule has 0 saturated heterocycles. The number of nitrogens with zero attached hydrogens (tertiary/aromatic N) is 3. The molecule has 2 aromatic carbocycles. The fourth-order valence-corrected chi connectivity index (χ4v) is 4.50. The number of ketones is 1. The summed E-state index contributed by atoms with van der Waals surface area (Å²) in [5.74, 6) is 0.826. The van der Waals surface area contributed by atoms with Crippen LogP contribution in [0.25, 0.3) is 11.4 Å². The van der Waals surface area contributed by atoms with Gasteiger partial charge in [0.2, 0.25) is 5.95 Å². The Bertz CT molecular complexity index is 1200. The number of anilines is 1. The van der Waals surface area contributed by atoms with Gasteiger partial charge in [0.1, 0.15) is 11.9 Å². The highest BCUT2D eigenvalue weighted by molar-refractivity contribution is 6.30. The number of hydrogen-bond donors (Lipinski definition) is 1. The normalized spacial score (nSPS) is 19.9. The van der Waals surface area contributed by atoms with Crippen LogP contribution >= 0.6 is 11.6 Å². The number of halogens is 2. The molecular formula is C23H20ClFN4O. The highest BCUT2D eigenvalue weighted by atomic mass is 35.5. The van der Waals surface area contributed by atoms with Crippen molar-refractivity contribution in [3.63, 3.8) is 0 Å². The van der Waals surface area contributed by atoms with E-state index in [1.165, 1.54) is 12.1 Å². The molecule has 7 heteroatoms. The first-order chi connectivity index (χ1) is 14.3. The summed E-state index contributed by atoms with van der Waals surface area (Å²) < 4.78 is 15.3. The standard InChI is InChI=1S/C23H20ClFN4O/c1-23(2)11-17-19(18(30)12-23)20(13-6-8-16(25)9-7-13)29-22(26-17)27-21(28-29)14-4-3-5-15(24)10-14/h3-10,20H,11-12H2,1-2H3,(H,26,27,28)/t20-/m0/s1. The van der Waals surface area contributed by atoms with E-state index in [-0.39, 0.29) is 17.0 Å². The summed E-state index contributed by atoms with van der Waals surface area (Å²) in [6.07, 6.45) is 1.18. The third-order valence-corrected chi connectivity index (χ3v) is 5.84. The van der Waals surface area contributed by atoms with Crippen molar-refractivity contribution in [2.45, 2.75) is 32.7 Å². The van der Waals surface area contributed by atoms with E-state index in [9.17, 15) is 9.18 Å². The van der Waals surface area contributed by atoms with Gasteiger partial charge in [-0.3, -0.25) is 4.79 Å². The molecule has 1 aromatic heterocycles. The zero-order chi connectivity index (χ0) is 21.0. The lowest BCUT2D eigenvalue weighted by Crippen LogP contribution is -2.36. The van der Waals surface area contributed by atoms with E-state index in [1.807, 2.05) is 12.1 Å². The third-order valence-electron chi connectivity index (χ3n) is 5.60. The Kier molecular flexibility index (Phi) is 4.29. The summed E-state index contributed by atoms with van der Waals surface area (Å²) in [5, 5.41) is 8.65. The molecule has 5 nitrogen and oxygen atoms in total. The van der Waals surface area contributed by atoms with Gasteiger partial charge in [0.25, 0.3) is 0 Å². The first-order valence-corrected chi connectivity index (χ1v) is 10.2. The van der Waals surface area contributed by atoms with Gasteiger partial charge in [-0.15, -0.1) is 5.10 Å². The molecule has 0 spiro atoms. The van der Waals surface area contributed by atoms with Gasteiger partial charge < -0.3 is 5.32 Å². The highest BCUT2D eigenvalue weighted by Gasteiger charge is 2.41. The van der Waals surface area contributed by atoms with E-state index < -0.39 is 6.04 Å². The maximum Gasteiger partial charge on any atom is 0.226 e. The lowest BCUT2D eigenvalue weighted by molar-refractivity contribution is -0.118. The predicted molar refractivity (Wildman–Crippen MR) is 114 cm³/mol. The number of aromatic nitrogens is 3. The number of nitrogens with one attached hydrogen (secondary N) is 1. The van der Waals surface area contributed by atoms with Crippen LogP contribution in [-0.2, 0) is 4.79 Å². The Balaban J connectivity index is 1.68. The minimum atomic E-state index is -0.458. The van der Waals surface area contributed by atoms with Crippen molar-refractivity contribution in [3.05, 3.63) is 76.2 Å². The second kappa shape index (κ2) is 6.77. The number of carbonyl (C=O) groups is 1. The lowest BCUT2D eigenvalue weighted by Gasteiger charge is -2.38. The van der Waals surface area contributed by atoms with E-state index in [0.717, 1.165) is 23.2 Å². The van der Waals surface area contributed by atoms with E-state index in [4.69, 9.17) is 16.7 Å². The monoisotopic (exact) mass is 422 g/mol. The van der Waals surface area contributed by atoms with Crippen LogP contribution in [0.4, 0.5) is 10.3 Å². The van der Waals surface area contributed by atoms with Gasteiger partial charge in [-0.1, -0.05) is 49.7 Å². The molecule has 0 radical (unpaired) electrons. The average Bonchev–Trinajstić information content (AvgIpc) is 3.10. The molecule has 0 bridgehead atoms. The average molecular weight is 423 g/mol. The highest BCUT2D eigenvalue weighted by Crippen LogP contribution is 2.45. The molecule has 0 saturated carbocycles. The van der Waals surface area contributed by atoms with Crippen molar-refractivity contribution < 1.29 is 9.18 Å². The van der Waals surface area contributed by atoms with Crippen LogP contribution in [0.1, 0.15) is 38.3 Å². The Morgan fingerprint density at radius 1 is 1.17 bits per heavy atom. The smallest absolute Gasteiger partial charge is 0.226 e. The number of rotatable bonds is 2. The molecule has 30 heavy (non-hydrogen) atoms. The third kappa shape index (κ3) is 3.21. The Labute approximate surface area is 178 Å². The molecule has 1 N–H and O–H groups in total.